The van der Waals surface area contributed by atoms with Crippen LogP contribution < -0.4 is 4.90 Å². The van der Waals surface area contributed by atoms with Crippen LogP contribution in [0, 0.1) is 5.82 Å². The number of likely N-dealkylation sites (tertiary alicyclic amines) is 1. The quantitative estimate of drug-likeness (QED) is 0.924. The number of benzene rings is 1. The van der Waals surface area contributed by atoms with Gasteiger partial charge in [0.1, 0.15) is 11.9 Å². The normalized spacial score (nSPS) is 25.9. The van der Waals surface area contributed by atoms with Crippen molar-refractivity contribution in [2.24, 2.45) is 0 Å². The van der Waals surface area contributed by atoms with E-state index in [0.717, 1.165) is 6.42 Å². The lowest BCUT2D eigenvalue weighted by molar-refractivity contribution is -0.143. The zero-order valence-corrected chi connectivity index (χ0v) is 12.6. The molecule has 7 heteroatoms. The number of aliphatic carboxylic acids is 1. The smallest absolute Gasteiger partial charge is 0.320 e. The Morgan fingerprint density at radius 2 is 2.09 bits per heavy atom. The molecule has 1 unspecified atom stereocenters. The molecule has 0 aliphatic carbocycles. The zero-order valence-electron chi connectivity index (χ0n) is 11.8. The van der Waals surface area contributed by atoms with Gasteiger partial charge >= 0.3 is 5.97 Å². The van der Waals surface area contributed by atoms with E-state index in [9.17, 15) is 19.1 Å². The molecular weight excluding hydrogens is 311 g/mol. The Morgan fingerprint density at radius 1 is 1.32 bits per heavy atom. The monoisotopic (exact) mass is 326 g/mol. The van der Waals surface area contributed by atoms with Crippen molar-refractivity contribution in [2.45, 2.75) is 31.3 Å². The van der Waals surface area contributed by atoms with E-state index in [1.54, 1.807) is 11.0 Å². The van der Waals surface area contributed by atoms with Crippen molar-refractivity contribution in [3.05, 3.63) is 29.0 Å². The summed E-state index contributed by atoms with van der Waals surface area (Å²) in [6.07, 6.45) is 1.89. The molecule has 1 aromatic rings. The molecule has 0 radical (unpaired) electrons. The number of amides is 1. The third-order valence-electron chi connectivity index (χ3n) is 4.37. The van der Waals surface area contributed by atoms with Crippen LogP contribution in [0.3, 0.4) is 0 Å². The predicted octanol–water partition coefficient (Wildman–Crippen LogP) is 2.13. The summed E-state index contributed by atoms with van der Waals surface area (Å²) in [5.74, 6) is -1.63. The van der Waals surface area contributed by atoms with Crippen molar-refractivity contribution in [1.82, 2.24) is 4.90 Å². The second-order valence-corrected chi connectivity index (χ2v) is 6.03. The molecule has 2 atom stereocenters. The summed E-state index contributed by atoms with van der Waals surface area (Å²) in [6.45, 7) is 1.06. The summed E-state index contributed by atoms with van der Waals surface area (Å²) in [4.78, 5) is 27.1. The lowest BCUT2D eigenvalue weighted by Gasteiger charge is -2.27. The molecule has 2 heterocycles. The number of carboxylic acid groups (broad SMARTS) is 1. The Balaban J connectivity index is 1.80. The highest BCUT2D eigenvalue weighted by Crippen LogP contribution is 2.30. The minimum atomic E-state index is -0.888. The fraction of sp³-hybridized carbons (Fsp3) is 0.467. The van der Waals surface area contributed by atoms with Crippen LogP contribution in [0.25, 0.3) is 0 Å². The van der Waals surface area contributed by atoms with E-state index in [2.05, 4.69) is 0 Å². The molecule has 118 valence electrons. The van der Waals surface area contributed by atoms with Crippen LogP contribution >= 0.6 is 11.6 Å². The summed E-state index contributed by atoms with van der Waals surface area (Å²) in [6, 6.07) is 3.21. The molecule has 22 heavy (non-hydrogen) atoms. The Hall–Kier alpha value is -1.66. The van der Waals surface area contributed by atoms with Gasteiger partial charge in [-0.25, -0.2) is 4.39 Å². The van der Waals surface area contributed by atoms with Crippen molar-refractivity contribution in [3.8, 4) is 0 Å². The Bertz CT molecular complexity index is 625. The van der Waals surface area contributed by atoms with Gasteiger partial charge in [-0.2, -0.15) is 0 Å². The summed E-state index contributed by atoms with van der Waals surface area (Å²) in [5.41, 5.74) is 0.459. The van der Waals surface area contributed by atoms with E-state index in [0.29, 0.717) is 31.6 Å². The van der Waals surface area contributed by atoms with Gasteiger partial charge in [-0.3, -0.25) is 14.5 Å². The number of rotatable bonds is 3. The van der Waals surface area contributed by atoms with Crippen LogP contribution in [0.4, 0.5) is 10.1 Å². The van der Waals surface area contributed by atoms with Gasteiger partial charge in [-0.1, -0.05) is 11.6 Å². The van der Waals surface area contributed by atoms with Gasteiger partial charge in [0.05, 0.1) is 11.1 Å². The van der Waals surface area contributed by atoms with Crippen LogP contribution in [-0.4, -0.2) is 47.1 Å². The Morgan fingerprint density at radius 3 is 2.77 bits per heavy atom. The molecule has 1 aromatic carbocycles. The average molecular weight is 327 g/mol. The number of carbonyl (C=O) groups is 2. The van der Waals surface area contributed by atoms with Crippen LogP contribution in [0.2, 0.25) is 5.02 Å². The SMILES string of the molecule is O=C(O)[C@@H]1CCCN1C1CCN(c2ccc(Cl)c(F)c2)C1=O. The maximum Gasteiger partial charge on any atom is 0.320 e. The van der Waals surface area contributed by atoms with E-state index in [-0.39, 0.29) is 10.9 Å². The predicted molar refractivity (Wildman–Crippen MR) is 79.5 cm³/mol. The summed E-state index contributed by atoms with van der Waals surface area (Å²) in [5, 5.41) is 9.26. The van der Waals surface area contributed by atoms with E-state index in [1.807, 2.05) is 0 Å². The van der Waals surface area contributed by atoms with Crippen molar-refractivity contribution in [3.63, 3.8) is 0 Å². The summed E-state index contributed by atoms with van der Waals surface area (Å²) in [7, 11) is 0. The van der Waals surface area contributed by atoms with E-state index in [4.69, 9.17) is 11.6 Å². The number of carbonyl (C=O) groups excluding carboxylic acids is 1. The van der Waals surface area contributed by atoms with Crippen molar-refractivity contribution in [1.29, 1.82) is 0 Å². The molecule has 2 aliphatic rings. The second-order valence-electron chi connectivity index (χ2n) is 5.63. The molecule has 5 nitrogen and oxygen atoms in total. The van der Waals surface area contributed by atoms with Crippen LogP contribution in [0.15, 0.2) is 18.2 Å². The highest BCUT2D eigenvalue weighted by Gasteiger charge is 2.43. The van der Waals surface area contributed by atoms with Gasteiger partial charge in [0.2, 0.25) is 5.91 Å². The number of hydrogen-bond donors (Lipinski definition) is 1. The first-order valence-electron chi connectivity index (χ1n) is 7.24. The highest BCUT2D eigenvalue weighted by molar-refractivity contribution is 6.30. The molecule has 2 fully saturated rings. The van der Waals surface area contributed by atoms with Crippen molar-refractivity contribution in [2.75, 3.05) is 18.0 Å². The molecule has 0 spiro atoms. The van der Waals surface area contributed by atoms with Gasteiger partial charge in [-0.15, -0.1) is 0 Å². The summed E-state index contributed by atoms with van der Waals surface area (Å²) >= 11 is 5.66. The third-order valence-corrected chi connectivity index (χ3v) is 4.68. The molecule has 3 rings (SSSR count). The van der Waals surface area contributed by atoms with E-state index >= 15 is 0 Å². The first-order chi connectivity index (χ1) is 10.5. The number of carboxylic acids is 1. The molecule has 0 aromatic heterocycles. The van der Waals surface area contributed by atoms with Gasteiger partial charge < -0.3 is 10.0 Å². The highest BCUT2D eigenvalue weighted by atomic mass is 35.5. The molecule has 2 aliphatic heterocycles. The van der Waals surface area contributed by atoms with E-state index < -0.39 is 23.9 Å². The number of halogens is 2. The maximum absolute atomic E-state index is 13.6. The molecule has 1 amide bonds. The first kappa shape index (κ1) is 15.2. The number of nitrogens with zero attached hydrogens (tertiary/aromatic N) is 2. The zero-order chi connectivity index (χ0) is 15.9. The van der Waals surface area contributed by atoms with Gasteiger partial charge in [-0.05, 0) is 44.0 Å². The Labute approximate surface area is 132 Å². The maximum atomic E-state index is 13.6. The van der Waals surface area contributed by atoms with Crippen molar-refractivity contribution < 1.29 is 19.1 Å². The third kappa shape index (κ3) is 2.57. The molecule has 0 bridgehead atoms. The fourth-order valence-corrected chi connectivity index (χ4v) is 3.43. The van der Waals surface area contributed by atoms with Crippen molar-refractivity contribution >= 4 is 29.2 Å². The minimum absolute atomic E-state index is 0.0115. The molecule has 2 saturated heterocycles. The van der Waals surface area contributed by atoms with Crippen LogP contribution in [0.1, 0.15) is 19.3 Å². The van der Waals surface area contributed by atoms with Gasteiger partial charge in [0.25, 0.3) is 0 Å². The standard InChI is InChI=1S/C15H16ClFN2O3/c16-10-4-3-9(8-11(10)17)18-7-5-12(14(18)20)19-6-1-2-13(19)15(21)22/h3-4,8,12-13H,1-2,5-7H2,(H,21,22)/t12?,13-/m0/s1. The second kappa shape index (κ2) is 5.85. The molecular formula is C15H16ClFN2O3. The van der Waals surface area contributed by atoms with E-state index in [1.165, 1.54) is 17.0 Å². The lowest BCUT2D eigenvalue weighted by atomic mass is 10.1. The average Bonchev–Trinajstić information content (AvgIpc) is 3.08. The Kier molecular flexibility index (Phi) is 4.06. The number of hydrogen-bond acceptors (Lipinski definition) is 3. The minimum Gasteiger partial charge on any atom is -0.480 e. The van der Waals surface area contributed by atoms with Gasteiger partial charge in [0, 0.05) is 12.2 Å². The van der Waals surface area contributed by atoms with Crippen LogP contribution in [0.5, 0.6) is 0 Å². The largest absolute Gasteiger partial charge is 0.480 e. The lowest BCUT2D eigenvalue weighted by Crippen LogP contribution is -2.47. The fourth-order valence-electron chi connectivity index (χ4n) is 3.31. The first-order valence-corrected chi connectivity index (χ1v) is 7.62. The van der Waals surface area contributed by atoms with Gasteiger partial charge in [0.15, 0.2) is 0 Å². The van der Waals surface area contributed by atoms with Crippen LogP contribution in [-0.2, 0) is 9.59 Å². The topological polar surface area (TPSA) is 60.9 Å². The molecule has 0 saturated carbocycles. The summed E-state index contributed by atoms with van der Waals surface area (Å²) < 4.78 is 13.6. The molecule has 1 N–H and O–H groups in total. The number of anilines is 1.